The molecule has 9 heteroatoms. The number of nitrogens with zero attached hydrogens (tertiary/aromatic N) is 1. The monoisotopic (exact) mass is 511 g/mol. The highest BCUT2D eigenvalue weighted by molar-refractivity contribution is 5.91. The average molecular weight is 512 g/mol. The van der Waals surface area contributed by atoms with Crippen LogP contribution in [0.15, 0.2) is 48.5 Å². The van der Waals surface area contributed by atoms with Gasteiger partial charge in [0.25, 0.3) is 0 Å². The molecule has 3 N–H and O–H groups in total. The van der Waals surface area contributed by atoms with E-state index in [9.17, 15) is 14.7 Å². The molecule has 2 aromatic carbocycles. The number of aliphatic hydroxyl groups is 1. The molecule has 0 aliphatic carbocycles. The summed E-state index contributed by atoms with van der Waals surface area (Å²) in [5.74, 6) is -0.492. The number of nitrogens with one attached hydrogen (secondary N) is 2. The summed E-state index contributed by atoms with van der Waals surface area (Å²) in [6.07, 6.45) is 3.67. The summed E-state index contributed by atoms with van der Waals surface area (Å²) >= 11 is 0. The molecule has 0 radical (unpaired) electrons. The van der Waals surface area contributed by atoms with Crippen molar-refractivity contribution in [2.75, 3.05) is 38.1 Å². The number of benzene rings is 2. The lowest BCUT2D eigenvalue weighted by Crippen LogP contribution is -2.41. The van der Waals surface area contributed by atoms with Gasteiger partial charge in [0, 0.05) is 24.2 Å². The van der Waals surface area contributed by atoms with Gasteiger partial charge in [-0.25, -0.2) is 4.79 Å². The van der Waals surface area contributed by atoms with Crippen molar-refractivity contribution < 1.29 is 28.9 Å². The zero-order chi connectivity index (χ0) is 26.0. The molecule has 2 saturated heterocycles. The Balaban J connectivity index is 1.46. The number of hydrogen-bond acceptors (Lipinski definition) is 7. The van der Waals surface area contributed by atoms with Gasteiger partial charge in [0.15, 0.2) is 6.29 Å². The molecule has 37 heavy (non-hydrogen) atoms. The number of esters is 1. The van der Waals surface area contributed by atoms with Crippen LogP contribution in [0.2, 0.25) is 0 Å². The highest BCUT2D eigenvalue weighted by Crippen LogP contribution is 2.38. The fourth-order valence-corrected chi connectivity index (χ4v) is 4.77. The van der Waals surface area contributed by atoms with Gasteiger partial charge in [-0.3, -0.25) is 4.79 Å². The van der Waals surface area contributed by atoms with Crippen LogP contribution < -0.4 is 10.6 Å². The maximum absolute atomic E-state index is 12.3. The molecule has 4 rings (SSSR count). The molecule has 0 saturated carbocycles. The van der Waals surface area contributed by atoms with E-state index in [1.165, 1.54) is 19.3 Å². The maximum Gasteiger partial charge on any atom is 0.325 e. The Morgan fingerprint density at radius 2 is 1.84 bits per heavy atom. The molecule has 0 aromatic heterocycles. The van der Waals surface area contributed by atoms with Crippen LogP contribution in [0.25, 0.3) is 0 Å². The van der Waals surface area contributed by atoms with Crippen LogP contribution in [0.1, 0.15) is 61.7 Å². The fraction of sp³-hybridized carbons (Fsp3) is 0.500. The number of anilines is 1. The quantitative estimate of drug-likeness (QED) is 0.438. The van der Waals surface area contributed by atoms with Gasteiger partial charge in [0.1, 0.15) is 6.54 Å². The van der Waals surface area contributed by atoms with Crippen molar-refractivity contribution in [3.8, 4) is 0 Å². The number of hydrogen-bond donors (Lipinski definition) is 3. The second-order valence-electron chi connectivity index (χ2n) is 9.45. The number of amides is 2. The number of piperidine rings is 1. The molecule has 0 unspecified atom stereocenters. The van der Waals surface area contributed by atoms with Gasteiger partial charge >= 0.3 is 12.0 Å². The molecule has 2 fully saturated rings. The highest BCUT2D eigenvalue weighted by Gasteiger charge is 2.33. The van der Waals surface area contributed by atoms with Crippen LogP contribution in [-0.2, 0) is 25.6 Å². The van der Waals surface area contributed by atoms with Gasteiger partial charge in [0.2, 0.25) is 0 Å². The number of ether oxygens (including phenoxy) is 3. The second kappa shape index (κ2) is 13.5. The molecular formula is C28H37N3O6. The number of carbonyl (C=O) groups excluding carboxylic acids is 2. The van der Waals surface area contributed by atoms with Gasteiger partial charge in [-0.1, -0.05) is 42.8 Å². The second-order valence-corrected chi connectivity index (χ2v) is 9.45. The van der Waals surface area contributed by atoms with Crippen molar-refractivity contribution in [2.24, 2.45) is 0 Å². The normalized spacial score (nSPS) is 22.3. The van der Waals surface area contributed by atoms with Gasteiger partial charge < -0.3 is 34.9 Å². The van der Waals surface area contributed by atoms with E-state index < -0.39 is 18.3 Å². The van der Waals surface area contributed by atoms with Crippen molar-refractivity contribution in [1.82, 2.24) is 10.2 Å². The lowest BCUT2D eigenvalue weighted by Gasteiger charge is -2.39. The van der Waals surface area contributed by atoms with Crippen LogP contribution >= 0.6 is 0 Å². The van der Waals surface area contributed by atoms with E-state index in [-0.39, 0.29) is 32.0 Å². The van der Waals surface area contributed by atoms with E-state index in [2.05, 4.69) is 15.5 Å². The minimum atomic E-state index is -0.601. The third-order valence-corrected chi connectivity index (χ3v) is 6.64. The third kappa shape index (κ3) is 8.00. The van der Waals surface area contributed by atoms with E-state index in [1.54, 1.807) is 13.0 Å². The summed E-state index contributed by atoms with van der Waals surface area (Å²) in [5.41, 5.74) is 3.26. The van der Waals surface area contributed by atoms with Crippen molar-refractivity contribution in [3.63, 3.8) is 0 Å². The molecule has 2 amide bonds. The number of urea groups is 1. The number of carbonyl (C=O) groups is 2. The number of likely N-dealkylation sites (tertiary alicyclic amines) is 1. The average Bonchev–Trinajstić information content (AvgIpc) is 2.93. The molecular weight excluding hydrogens is 474 g/mol. The fourth-order valence-electron chi connectivity index (χ4n) is 4.77. The highest BCUT2D eigenvalue weighted by atomic mass is 16.7. The Bertz CT molecular complexity index is 1020. The van der Waals surface area contributed by atoms with Crippen molar-refractivity contribution in [1.29, 1.82) is 0 Å². The summed E-state index contributed by atoms with van der Waals surface area (Å²) in [4.78, 5) is 26.2. The molecule has 3 atom stereocenters. The van der Waals surface area contributed by atoms with Crippen LogP contribution in [0.4, 0.5) is 10.5 Å². The van der Waals surface area contributed by atoms with Gasteiger partial charge in [-0.2, -0.15) is 0 Å². The predicted octanol–water partition coefficient (Wildman–Crippen LogP) is 3.89. The lowest BCUT2D eigenvalue weighted by atomic mass is 9.99. The minimum Gasteiger partial charge on any atom is -0.465 e. The molecule has 9 nitrogen and oxygen atoms in total. The van der Waals surface area contributed by atoms with Crippen LogP contribution in [0, 0.1) is 0 Å². The molecule has 2 heterocycles. The zero-order valence-corrected chi connectivity index (χ0v) is 21.4. The first-order chi connectivity index (χ1) is 18.0. The summed E-state index contributed by atoms with van der Waals surface area (Å²) in [5, 5.41) is 14.7. The first-order valence-corrected chi connectivity index (χ1v) is 13.1. The first kappa shape index (κ1) is 27.1. The summed E-state index contributed by atoms with van der Waals surface area (Å²) in [6, 6.07) is 14.7. The van der Waals surface area contributed by atoms with Crippen molar-refractivity contribution in [3.05, 3.63) is 65.2 Å². The smallest absolute Gasteiger partial charge is 0.325 e. The summed E-state index contributed by atoms with van der Waals surface area (Å²) in [6.45, 7) is 4.79. The summed E-state index contributed by atoms with van der Waals surface area (Å²) in [7, 11) is 0. The predicted molar refractivity (Wildman–Crippen MR) is 139 cm³/mol. The topological polar surface area (TPSA) is 109 Å². The van der Waals surface area contributed by atoms with E-state index in [0.717, 1.165) is 42.7 Å². The van der Waals surface area contributed by atoms with Crippen molar-refractivity contribution in [2.45, 2.75) is 57.7 Å². The largest absolute Gasteiger partial charge is 0.465 e. The van der Waals surface area contributed by atoms with Crippen molar-refractivity contribution >= 4 is 17.7 Å². The summed E-state index contributed by atoms with van der Waals surface area (Å²) < 4.78 is 17.7. The number of rotatable bonds is 9. The van der Waals surface area contributed by atoms with E-state index >= 15 is 0 Å². The Morgan fingerprint density at radius 1 is 1.05 bits per heavy atom. The standard InChI is InChI=1S/C28H37N3O6/c1-2-35-26(33)17-29-28(34)30-23-8-6-7-22(15-23)27-36-24(18-31-13-4-3-5-14-31)16-25(37-27)21-11-9-20(19-32)10-12-21/h6-12,15,24-25,27,32H,2-5,13-14,16-19H2,1H3,(H2,29,30,34)/t24-,25+,27+/m1/s1. The minimum absolute atomic E-state index is 0.00226. The lowest BCUT2D eigenvalue weighted by molar-refractivity contribution is -0.253. The maximum atomic E-state index is 12.3. The van der Waals surface area contributed by atoms with Gasteiger partial charge in [-0.15, -0.1) is 0 Å². The SMILES string of the molecule is CCOC(=O)CNC(=O)Nc1cccc([C@H]2O[C@@H](CN3CCCCC3)C[C@@H](c3ccc(CO)cc3)O2)c1. The molecule has 0 bridgehead atoms. The molecule has 200 valence electrons. The van der Waals surface area contributed by atoms with E-state index in [1.807, 2.05) is 42.5 Å². The van der Waals surface area contributed by atoms with Gasteiger partial charge in [0.05, 0.1) is 25.4 Å². The van der Waals surface area contributed by atoms with Crippen LogP contribution in [0.5, 0.6) is 0 Å². The molecule has 2 aliphatic heterocycles. The Kier molecular flexibility index (Phi) is 9.90. The van der Waals surface area contributed by atoms with E-state index in [0.29, 0.717) is 5.69 Å². The van der Waals surface area contributed by atoms with Crippen LogP contribution in [0.3, 0.4) is 0 Å². The van der Waals surface area contributed by atoms with E-state index in [4.69, 9.17) is 14.2 Å². The Hall–Kier alpha value is -2.98. The zero-order valence-electron chi connectivity index (χ0n) is 21.4. The first-order valence-electron chi connectivity index (χ1n) is 13.1. The number of aliphatic hydroxyl groups excluding tert-OH is 1. The molecule has 2 aromatic rings. The van der Waals surface area contributed by atoms with Gasteiger partial charge in [-0.05, 0) is 56.1 Å². The van der Waals surface area contributed by atoms with Crippen LogP contribution in [-0.4, -0.2) is 60.9 Å². The Labute approximate surface area is 218 Å². The molecule has 2 aliphatic rings. The Morgan fingerprint density at radius 3 is 2.57 bits per heavy atom. The third-order valence-electron chi connectivity index (χ3n) is 6.64. The molecule has 0 spiro atoms.